The number of piperidine rings is 1. The molecule has 2 amide bonds. The summed E-state index contributed by atoms with van der Waals surface area (Å²) in [6.45, 7) is 5.46. The number of nitrogens with zero attached hydrogens (tertiary/aromatic N) is 1. The average Bonchev–Trinajstić information content (AvgIpc) is 3.29. The minimum atomic E-state index is -1.28. The van der Waals surface area contributed by atoms with Crippen LogP contribution in [0.2, 0.25) is 0 Å². The molecule has 2 aliphatic rings. The number of carboxylic acid groups (broad SMARTS) is 1. The first-order chi connectivity index (χ1) is 19.8. The van der Waals surface area contributed by atoms with Crippen molar-refractivity contribution in [3.05, 3.63) is 95.6 Å². The van der Waals surface area contributed by atoms with Gasteiger partial charge in [-0.2, -0.15) is 0 Å². The summed E-state index contributed by atoms with van der Waals surface area (Å²) in [4.78, 5) is 41.0. The van der Waals surface area contributed by atoms with Crippen LogP contribution in [0.25, 0.3) is 11.1 Å². The third-order valence-electron chi connectivity index (χ3n) is 8.30. The number of nitrogens with one attached hydrogen (secondary N) is 2. The van der Waals surface area contributed by atoms with E-state index in [-0.39, 0.29) is 18.4 Å². The first-order valence-electron chi connectivity index (χ1n) is 14.2. The van der Waals surface area contributed by atoms with Crippen molar-refractivity contribution in [2.45, 2.75) is 50.7 Å². The van der Waals surface area contributed by atoms with Gasteiger partial charge in [-0.05, 0) is 46.6 Å². The van der Waals surface area contributed by atoms with Gasteiger partial charge in [-0.15, -0.1) is 0 Å². The van der Waals surface area contributed by atoms with E-state index in [0.717, 1.165) is 28.8 Å². The molecule has 3 aromatic rings. The van der Waals surface area contributed by atoms with Gasteiger partial charge in [-0.3, -0.25) is 9.69 Å². The minimum Gasteiger partial charge on any atom is -0.480 e. The van der Waals surface area contributed by atoms with Crippen LogP contribution in [-0.2, 0) is 20.9 Å². The molecule has 41 heavy (non-hydrogen) atoms. The van der Waals surface area contributed by atoms with Crippen molar-refractivity contribution >= 4 is 18.0 Å². The smallest absolute Gasteiger partial charge is 0.408 e. The number of amides is 2. The van der Waals surface area contributed by atoms with E-state index in [1.807, 2.05) is 42.5 Å². The molecule has 0 bridgehead atoms. The summed E-state index contributed by atoms with van der Waals surface area (Å²) < 4.78 is 5.78. The van der Waals surface area contributed by atoms with Crippen LogP contribution >= 0.6 is 0 Å². The molecule has 0 unspecified atom stereocenters. The van der Waals surface area contributed by atoms with Crippen molar-refractivity contribution in [3.63, 3.8) is 0 Å². The Morgan fingerprint density at radius 3 is 2.02 bits per heavy atom. The lowest BCUT2D eigenvalue weighted by Gasteiger charge is -2.41. The molecule has 214 valence electrons. The Hall–Kier alpha value is -4.17. The van der Waals surface area contributed by atoms with Crippen LogP contribution in [0, 0.1) is 5.92 Å². The van der Waals surface area contributed by atoms with Gasteiger partial charge in [0.15, 0.2) is 0 Å². The summed E-state index contributed by atoms with van der Waals surface area (Å²) in [5, 5.41) is 15.3. The standard InChI is InChI=1S/C33H37N3O5/c1-22(2)29(30(37)38)34-31(39)33(16-18-36(19-17-33)20-23-10-4-3-5-11-23)35-32(40)41-21-28-26-14-8-6-12-24(26)25-13-7-9-15-27(25)28/h3-15,22,28-29H,16-21H2,1-2H3,(H,34,39)(H,35,40)(H,37,38)/t29-/m0/s1. The number of aliphatic carboxylic acids is 1. The van der Waals surface area contributed by atoms with E-state index in [4.69, 9.17) is 4.74 Å². The fourth-order valence-electron chi connectivity index (χ4n) is 5.97. The van der Waals surface area contributed by atoms with Crippen LogP contribution in [0.3, 0.4) is 0 Å². The SMILES string of the molecule is CC(C)[C@H](NC(=O)C1(NC(=O)OCC2c3ccccc3-c3ccccc32)CCN(Cc2ccccc2)CC1)C(=O)O. The topological polar surface area (TPSA) is 108 Å². The van der Waals surface area contributed by atoms with Gasteiger partial charge in [-0.1, -0.05) is 92.7 Å². The van der Waals surface area contributed by atoms with Gasteiger partial charge < -0.3 is 20.5 Å². The first-order valence-corrected chi connectivity index (χ1v) is 14.2. The number of carboxylic acids is 1. The molecule has 1 saturated heterocycles. The second kappa shape index (κ2) is 12.1. The lowest BCUT2D eigenvalue weighted by molar-refractivity contribution is -0.144. The molecule has 0 spiro atoms. The molecule has 0 radical (unpaired) electrons. The monoisotopic (exact) mass is 555 g/mol. The van der Waals surface area contributed by atoms with E-state index in [0.29, 0.717) is 25.9 Å². The van der Waals surface area contributed by atoms with Crippen molar-refractivity contribution in [2.24, 2.45) is 5.92 Å². The molecule has 1 aliphatic heterocycles. The fraction of sp³-hybridized carbons (Fsp3) is 0.364. The Balaban J connectivity index is 1.30. The number of likely N-dealkylation sites (tertiary alicyclic amines) is 1. The summed E-state index contributed by atoms with van der Waals surface area (Å²) in [5.41, 5.74) is 4.35. The highest BCUT2D eigenvalue weighted by molar-refractivity contribution is 5.93. The lowest BCUT2D eigenvalue weighted by Crippen LogP contribution is -2.65. The predicted octanol–water partition coefficient (Wildman–Crippen LogP) is 4.79. The molecule has 0 saturated carbocycles. The van der Waals surface area contributed by atoms with Crippen LogP contribution in [0.5, 0.6) is 0 Å². The molecule has 1 fully saturated rings. The Labute approximate surface area is 240 Å². The number of hydrogen-bond acceptors (Lipinski definition) is 5. The van der Waals surface area contributed by atoms with E-state index < -0.39 is 29.6 Å². The molecule has 3 aromatic carbocycles. The van der Waals surface area contributed by atoms with E-state index >= 15 is 0 Å². The van der Waals surface area contributed by atoms with Gasteiger partial charge >= 0.3 is 12.1 Å². The number of fused-ring (bicyclic) bond motifs is 3. The van der Waals surface area contributed by atoms with Crippen LogP contribution in [0.4, 0.5) is 4.79 Å². The van der Waals surface area contributed by atoms with Gasteiger partial charge in [0.1, 0.15) is 18.2 Å². The number of rotatable bonds is 9. The highest BCUT2D eigenvalue weighted by Gasteiger charge is 2.45. The van der Waals surface area contributed by atoms with E-state index in [1.165, 1.54) is 5.56 Å². The van der Waals surface area contributed by atoms with Gasteiger partial charge in [-0.25, -0.2) is 9.59 Å². The molecular weight excluding hydrogens is 518 g/mol. The van der Waals surface area contributed by atoms with Crippen molar-refractivity contribution in [3.8, 4) is 11.1 Å². The maximum Gasteiger partial charge on any atom is 0.408 e. The molecule has 1 heterocycles. The van der Waals surface area contributed by atoms with Crippen molar-refractivity contribution in [2.75, 3.05) is 19.7 Å². The van der Waals surface area contributed by atoms with Gasteiger partial charge in [0.05, 0.1) is 0 Å². The molecule has 8 heteroatoms. The van der Waals surface area contributed by atoms with Crippen molar-refractivity contribution in [1.82, 2.24) is 15.5 Å². The van der Waals surface area contributed by atoms with Gasteiger partial charge in [0.2, 0.25) is 5.91 Å². The Morgan fingerprint density at radius 1 is 0.902 bits per heavy atom. The Morgan fingerprint density at radius 2 is 1.46 bits per heavy atom. The number of carbonyl (C=O) groups excluding carboxylic acids is 2. The minimum absolute atomic E-state index is 0.108. The predicted molar refractivity (Wildman–Crippen MR) is 156 cm³/mol. The molecule has 8 nitrogen and oxygen atoms in total. The maximum atomic E-state index is 13.7. The van der Waals surface area contributed by atoms with Gasteiger partial charge in [0.25, 0.3) is 0 Å². The maximum absolute atomic E-state index is 13.7. The lowest BCUT2D eigenvalue weighted by atomic mass is 9.85. The third kappa shape index (κ3) is 6.12. The molecule has 3 N–H and O–H groups in total. The normalized spacial score (nSPS) is 16.9. The Bertz CT molecular complexity index is 1350. The molecule has 0 aromatic heterocycles. The molecule has 5 rings (SSSR count). The highest BCUT2D eigenvalue weighted by atomic mass is 16.5. The third-order valence-corrected chi connectivity index (χ3v) is 8.30. The van der Waals surface area contributed by atoms with Gasteiger partial charge in [0, 0.05) is 25.6 Å². The number of benzene rings is 3. The summed E-state index contributed by atoms with van der Waals surface area (Å²) in [6, 6.07) is 25.2. The Kier molecular flexibility index (Phi) is 8.40. The molecule has 1 aliphatic carbocycles. The average molecular weight is 556 g/mol. The summed E-state index contributed by atoms with van der Waals surface area (Å²) in [5.74, 6) is -2.03. The molecular formula is C33H37N3O5. The zero-order valence-electron chi connectivity index (χ0n) is 23.5. The highest BCUT2D eigenvalue weighted by Crippen LogP contribution is 2.44. The summed E-state index contributed by atoms with van der Waals surface area (Å²) in [6.07, 6.45) is -0.0180. The number of ether oxygens (including phenoxy) is 1. The zero-order valence-corrected chi connectivity index (χ0v) is 23.5. The second-order valence-corrected chi connectivity index (χ2v) is 11.3. The van der Waals surface area contributed by atoms with Crippen molar-refractivity contribution in [1.29, 1.82) is 0 Å². The molecule has 1 atom stereocenters. The van der Waals surface area contributed by atoms with Crippen LogP contribution in [0.15, 0.2) is 78.9 Å². The number of alkyl carbamates (subject to hydrolysis) is 1. The quantitative estimate of drug-likeness (QED) is 0.351. The van der Waals surface area contributed by atoms with E-state index in [1.54, 1.807) is 13.8 Å². The van der Waals surface area contributed by atoms with E-state index in [2.05, 4.69) is 51.9 Å². The second-order valence-electron chi connectivity index (χ2n) is 11.3. The van der Waals surface area contributed by atoms with Crippen LogP contribution < -0.4 is 10.6 Å². The largest absolute Gasteiger partial charge is 0.480 e. The zero-order chi connectivity index (χ0) is 29.0. The first kappa shape index (κ1) is 28.4. The van der Waals surface area contributed by atoms with E-state index in [9.17, 15) is 19.5 Å². The summed E-state index contributed by atoms with van der Waals surface area (Å²) >= 11 is 0. The van der Waals surface area contributed by atoms with Crippen LogP contribution in [0.1, 0.15) is 49.3 Å². The number of hydrogen-bond donors (Lipinski definition) is 3. The van der Waals surface area contributed by atoms with Crippen LogP contribution in [-0.4, -0.2) is 59.3 Å². The van der Waals surface area contributed by atoms with Crippen molar-refractivity contribution < 1.29 is 24.2 Å². The number of carbonyl (C=O) groups is 3. The fourth-order valence-corrected chi connectivity index (χ4v) is 5.97. The summed E-state index contributed by atoms with van der Waals surface area (Å²) in [7, 11) is 0.